The van der Waals surface area contributed by atoms with Crippen LogP contribution in [0.3, 0.4) is 0 Å². The molecule has 1 aromatic heterocycles. The van der Waals surface area contributed by atoms with Gasteiger partial charge in [0.15, 0.2) is 0 Å². The van der Waals surface area contributed by atoms with E-state index in [0.29, 0.717) is 0 Å². The fraction of sp³-hybridized carbons (Fsp3) is 0.231. The van der Waals surface area contributed by atoms with Gasteiger partial charge in [0, 0.05) is 0 Å². The van der Waals surface area contributed by atoms with Crippen molar-refractivity contribution in [2.75, 3.05) is 0 Å². The number of hydrogen-bond acceptors (Lipinski definition) is 1. The first-order valence-electron chi connectivity index (χ1n) is 4.99. The number of halogens is 1. The van der Waals surface area contributed by atoms with Gasteiger partial charge in [0.05, 0.1) is 11.1 Å². The van der Waals surface area contributed by atoms with Crippen LogP contribution in [0.2, 0.25) is 0 Å². The molecule has 0 bridgehead atoms. The Morgan fingerprint density at radius 3 is 2.53 bits per heavy atom. The van der Waals surface area contributed by atoms with Crippen LogP contribution in [0.15, 0.2) is 47.1 Å². The Labute approximate surface area is 98.2 Å². The molecule has 1 heterocycles. The van der Waals surface area contributed by atoms with Crippen molar-refractivity contribution in [3.8, 4) is 0 Å². The van der Waals surface area contributed by atoms with Crippen molar-refractivity contribution in [1.29, 1.82) is 0 Å². The summed E-state index contributed by atoms with van der Waals surface area (Å²) < 4.78 is 5.45. The third-order valence-corrected chi connectivity index (χ3v) is 3.18. The second-order valence-corrected chi connectivity index (χ2v) is 4.73. The van der Waals surface area contributed by atoms with Gasteiger partial charge >= 0.3 is 0 Å². The first kappa shape index (κ1) is 10.5. The van der Waals surface area contributed by atoms with Crippen LogP contribution in [0.1, 0.15) is 21.7 Å². The summed E-state index contributed by atoms with van der Waals surface area (Å²) in [4.78, 5) is 0.259. The number of aryl methyl sites for hydroxylation is 1. The molecule has 78 valence electrons. The SMILES string of the molecule is Cc1ccoc1C(Br)Cc1ccccc1. The molecule has 0 aliphatic heterocycles. The highest BCUT2D eigenvalue weighted by molar-refractivity contribution is 9.09. The fourth-order valence-electron chi connectivity index (χ4n) is 1.62. The number of furan rings is 1. The quantitative estimate of drug-likeness (QED) is 0.755. The molecule has 1 unspecified atom stereocenters. The molecular weight excluding hydrogens is 252 g/mol. The zero-order valence-electron chi connectivity index (χ0n) is 8.61. The lowest BCUT2D eigenvalue weighted by atomic mass is 10.1. The zero-order chi connectivity index (χ0) is 10.7. The predicted molar refractivity (Wildman–Crippen MR) is 65.3 cm³/mol. The van der Waals surface area contributed by atoms with E-state index in [1.54, 1.807) is 6.26 Å². The number of hydrogen-bond donors (Lipinski definition) is 0. The van der Waals surface area contributed by atoms with Crippen molar-refractivity contribution in [3.05, 3.63) is 59.5 Å². The van der Waals surface area contributed by atoms with E-state index in [1.165, 1.54) is 11.1 Å². The Bertz CT molecular complexity index is 419. The highest BCUT2D eigenvalue weighted by atomic mass is 79.9. The summed E-state index contributed by atoms with van der Waals surface area (Å²) in [5.74, 6) is 1.03. The first-order chi connectivity index (χ1) is 7.27. The lowest BCUT2D eigenvalue weighted by Crippen LogP contribution is -1.95. The van der Waals surface area contributed by atoms with Gasteiger partial charge in [-0.1, -0.05) is 46.3 Å². The van der Waals surface area contributed by atoms with Crippen molar-refractivity contribution in [2.24, 2.45) is 0 Å². The maximum Gasteiger partial charge on any atom is 0.120 e. The van der Waals surface area contributed by atoms with Gasteiger partial charge in [-0.3, -0.25) is 0 Å². The van der Waals surface area contributed by atoms with Crippen LogP contribution in [-0.2, 0) is 6.42 Å². The Hall–Kier alpha value is -1.02. The average molecular weight is 265 g/mol. The van der Waals surface area contributed by atoms with Crippen LogP contribution >= 0.6 is 15.9 Å². The molecule has 1 nitrogen and oxygen atoms in total. The topological polar surface area (TPSA) is 13.1 Å². The normalized spacial score (nSPS) is 12.7. The van der Waals surface area contributed by atoms with Crippen molar-refractivity contribution < 1.29 is 4.42 Å². The second-order valence-electron chi connectivity index (χ2n) is 3.63. The molecule has 0 spiro atoms. The van der Waals surface area contributed by atoms with E-state index >= 15 is 0 Å². The largest absolute Gasteiger partial charge is 0.468 e. The van der Waals surface area contributed by atoms with Crippen LogP contribution in [0, 0.1) is 6.92 Å². The summed E-state index contributed by atoms with van der Waals surface area (Å²) in [6.07, 6.45) is 2.69. The second kappa shape index (κ2) is 4.67. The number of alkyl halides is 1. The van der Waals surface area contributed by atoms with E-state index in [2.05, 4.69) is 47.1 Å². The molecular formula is C13H13BrO. The van der Waals surface area contributed by atoms with Crippen molar-refractivity contribution in [3.63, 3.8) is 0 Å². The van der Waals surface area contributed by atoms with Crippen molar-refractivity contribution in [1.82, 2.24) is 0 Å². The highest BCUT2D eigenvalue weighted by Crippen LogP contribution is 2.29. The zero-order valence-corrected chi connectivity index (χ0v) is 10.2. The minimum atomic E-state index is 0.259. The van der Waals surface area contributed by atoms with E-state index < -0.39 is 0 Å². The molecule has 0 aliphatic carbocycles. The van der Waals surface area contributed by atoms with Gasteiger partial charge in [-0.05, 0) is 30.5 Å². The highest BCUT2D eigenvalue weighted by Gasteiger charge is 2.13. The van der Waals surface area contributed by atoms with Crippen LogP contribution in [0.4, 0.5) is 0 Å². The summed E-state index contributed by atoms with van der Waals surface area (Å²) in [5.41, 5.74) is 2.52. The Balaban J connectivity index is 2.11. The lowest BCUT2D eigenvalue weighted by Gasteiger charge is -2.07. The van der Waals surface area contributed by atoms with Crippen LogP contribution in [0.25, 0.3) is 0 Å². The van der Waals surface area contributed by atoms with E-state index in [-0.39, 0.29) is 4.83 Å². The van der Waals surface area contributed by atoms with E-state index in [0.717, 1.165) is 12.2 Å². The van der Waals surface area contributed by atoms with Crippen molar-refractivity contribution in [2.45, 2.75) is 18.2 Å². The third kappa shape index (κ3) is 2.51. The van der Waals surface area contributed by atoms with Crippen molar-refractivity contribution >= 4 is 15.9 Å². The van der Waals surface area contributed by atoms with Gasteiger partial charge in [0.1, 0.15) is 5.76 Å². The third-order valence-electron chi connectivity index (χ3n) is 2.44. The standard InChI is InChI=1S/C13H13BrO/c1-10-7-8-15-13(10)12(14)9-11-5-3-2-4-6-11/h2-8,12H,9H2,1H3. The number of rotatable bonds is 3. The monoisotopic (exact) mass is 264 g/mol. The maximum absolute atomic E-state index is 5.45. The summed E-state index contributed by atoms with van der Waals surface area (Å²) in [6, 6.07) is 12.4. The molecule has 15 heavy (non-hydrogen) atoms. The minimum absolute atomic E-state index is 0.259. The average Bonchev–Trinajstić information content (AvgIpc) is 2.66. The van der Waals surface area contributed by atoms with Gasteiger partial charge < -0.3 is 4.42 Å². The first-order valence-corrected chi connectivity index (χ1v) is 5.91. The van der Waals surface area contributed by atoms with Gasteiger partial charge in [0.25, 0.3) is 0 Å². The summed E-state index contributed by atoms with van der Waals surface area (Å²) in [7, 11) is 0. The smallest absolute Gasteiger partial charge is 0.120 e. The Morgan fingerprint density at radius 1 is 1.20 bits per heavy atom. The minimum Gasteiger partial charge on any atom is -0.468 e. The number of benzene rings is 1. The molecule has 1 aromatic carbocycles. The van der Waals surface area contributed by atoms with Gasteiger partial charge in [-0.25, -0.2) is 0 Å². The van der Waals surface area contributed by atoms with Crippen LogP contribution < -0.4 is 0 Å². The Kier molecular flexibility index (Phi) is 3.27. The van der Waals surface area contributed by atoms with Gasteiger partial charge in [-0.15, -0.1) is 0 Å². The molecule has 1 atom stereocenters. The van der Waals surface area contributed by atoms with E-state index in [4.69, 9.17) is 4.42 Å². The van der Waals surface area contributed by atoms with Gasteiger partial charge in [0.2, 0.25) is 0 Å². The molecule has 0 saturated carbocycles. The molecule has 2 aromatic rings. The lowest BCUT2D eigenvalue weighted by molar-refractivity contribution is 0.504. The van der Waals surface area contributed by atoms with E-state index in [9.17, 15) is 0 Å². The molecule has 0 radical (unpaired) electrons. The Morgan fingerprint density at radius 2 is 1.93 bits per heavy atom. The van der Waals surface area contributed by atoms with Crippen LogP contribution in [0.5, 0.6) is 0 Å². The van der Waals surface area contributed by atoms with Crippen LogP contribution in [-0.4, -0.2) is 0 Å². The maximum atomic E-state index is 5.45. The summed E-state index contributed by atoms with van der Waals surface area (Å²) >= 11 is 3.66. The molecule has 0 fully saturated rings. The molecule has 2 rings (SSSR count). The predicted octanol–water partition coefficient (Wildman–Crippen LogP) is 4.27. The molecule has 0 N–H and O–H groups in total. The molecule has 0 amide bonds. The molecule has 2 heteroatoms. The van der Waals surface area contributed by atoms with Gasteiger partial charge in [-0.2, -0.15) is 0 Å². The van der Waals surface area contributed by atoms with E-state index in [1.807, 2.05) is 12.1 Å². The summed E-state index contributed by atoms with van der Waals surface area (Å²) in [6.45, 7) is 2.07. The molecule has 0 aliphatic rings. The molecule has 0 saturated heterocycles. The fourth-order valence-corrected chi connectivity index (χ4v) is 2.46. The summed E-state index contributed by atoms with van der Waals surface area (Å²) in [5, 5.41) is 0.